The van der Waals surface area contributed by atoms with Crippen molar-refractivity contribution >= 4 is 55.6 Å². The highest BCUT2D eigenvalue weighted by Gasteiger charge is 2.34. The van der Waals surface area contributed by atoms with Gasteiger partial charge >= 0.3 is 6.03 Å². The van der Waals surface area contributed by atoms with E-state index in [4.69, 9.17) is 0 Å². The lowest BCUT2D eigenvalue weighted by Crippen LogP contribution is -2.33. The number of nitrogens with one attached hydrogen (secondary N) is 2. The molecular formula is C25H27N5O3S2. The first-order valence-electron chi connectivity index (χ1n) is 11.0. The van der Waals surface area contributed by atoms with Crippen molar-refractivity contribution in [3.63, 3.8) is 0 Å². The molecule has 0 radical (unpaired) electrons. The summed E-state index contributed by atoms with van der Waals surface area (Å²) in [7, 11) is 1.78. The average Bonchev–Trinajstić information content (AvgIpc) is 3.36. The van der Waals surface area contributed by atoms with Crippen LogP contribution in [0.1, 0.15) is 12.0 Å². The predicted molar refractivity (Wildman–Crippen MR) is 145 cm³/mol. The van der Waals surface area contributed by atoms with E-state index in [1.807, 2.05) is 55.4 Å². The van der Waals surface area contributed by atoms with Gasteiger partial charge in [-0.3, -0.25) is 4.31 Å². The highest BCUT2D eigenvalue weighted by molar-refractivity contribution is 8.19. The summed E-state index contributed by atoms with van der Waals surface area (Å²) in [5, 5.41) is 5.49. The molecule has 0 bridgehead atoms. The third kappa shape index (κ3) is 5.77. The second-order valence-electron chi connectivity index (χ2n) is 8.16. The molecule has 182 valence electrons. The topological polar surface area (TPSA) is 94.6 Å². The van der Waals surface area contributed by atoms with Crippen LogP contribution >= 0.6 is 11.8 Å². The molecule has 0 saturated carbocycles. The molecule has 2 N–H and O–H groups in total. The zero-order valence-corrected chi connectivity index (χ0v) is 21.3. The lowest BCUT2D eigenvalue weighted by molar-refractivity contribution is 0.262. The van der Waals surface area contributed by atoms with Crippen LogP contribution in [0.25, 0.3) is 4.91 Å². The normalized spacial score (nSPS) is 15.3. The lowest BCUT2D eigenvalue weighted by Gasteiger charge is -2.23. The molecule has 4 rings (SSSR count). The molecule has 0 saturated heterocycles. The van der Waals surface area contributed by atoms with Gasteiger partial charge in [0.25, 0.3) is 0 Å². The van der Waals surface area contributed by atoms with Gasteiger partial charge in [0.05, 0.1) is 5.69 Å². The molecule has 35 heavy (non-hydrogen) atoms. The molecule has 0 fully saturated rings. The van der Waals surface area contributed by atoms with E-state index in [2.05, 4.69) is 15.6 Å². The van der Waals surface area contributed by atoms with Crippen molar-refractivity contribution in [3.8, 4) is 0 Å². The van der Waals surface area contributed by atoms with E-state index in [1.54, 1.807) is 49.6 Å². The number of thioether (sulfide) groups is 1. The van der Waals surface area contributed by atoms with Crippen LogP contribution in [-0.2, 0) is 10.0 Å². The molecule has 2 aromatic carbocycles. The Morgan fingerprint density at radius 1 is 0.943 bits per heavy atom. The Balaban J connectivity index is 1.37. The smallest absolute Gasteiger partial charge is 0.323 e. The first kappa shape index (κ1) is 24.6. The van der Waals surface area contributed by atoms with Gasteiger partial charge in [-0.1, -0.05) is 24.3 Å². The summed E-state index contributed by atoms with van der Waals surface area (Å²) in [6, 6.07) is 19.3. The van der Waals surface area contributed by atoms with E-state index in [-0.39, 0.29) is 6.03 Å². The maximum atomic E-state index is 13.3. The molecule has 10 heteroatoms. The highest BCUT2D eigenvalue weighted by atomic mass is 32.3. The number of benzene rings is 2. The summed E-state index contributed by atoms with van der Waals surface area (Å²) < 4.78 is 27.3. The van der Waals surface area contributed by atoms with Crippen molar-refractivity contribution in [2.45, 2.75) is 11.0 Å². The number of hydrogen-bond donors (Lipinski definition) is 2. The highest BCUT2D eigenvalue weighted by Crippen LogP contribution is 2.43. The minimum atomic E-state index is -3.61. The monoisotopic (exact) mass is 509 g/mol. The van der Waals surface area contributed by atoms with Gasteiger partial charge in [0.1, 0.15) is 10.4 Å². The van der Waals surface area contributed by atoms with E-state index >= 15 is 0 Å². The van der Waals surface area contributed by atoms with Crippen LogP contribution in [0.4, 0.5) is 27.7 Å². The molecule has 2 amide bonds. The zero-order chi connectivity index (χ0) is 25.0. The Bertz CT molecular complexity index is 1310. The third-order valence-corrected chi connectivity index (χ3v) is 9.44. The predicted octanol–water partition coefficient (Wildman–Crippen LogP) is 5.06. The number of aromatic nitrogens is 1. The number of allylic oxidation sites excluding steroid dienone is 1. The number of anilines is 4. The first-order chi connectivity index (χ1) is 16.7. The fraction of sp³-hybridized carbons (Fsp3) is 0.200. The van der Waals surface area contributed by atoms with E-state index < -0.39 is 14.6 Å². The summed E-state index contributed by atoms with van der Waals surface area (Å²) in [6.45, 7) is 0. The Morgan fingerprint density at radius 2 is 1.60 bits per heavy atom. The number of hydrogen-bond acceptors (Lipinski definition) is 6. The summed E-state index contributed by atoms with van der Waals surface area (Å²) in [5.74, 6) is 0.844. The minimum absolute atomic E-state index is 0.376. The number of nitrogens with zero attached hydrogens (tertiary/aromatic N) is 3. The quantitative estimate of drug-likeness (QED) is 0.462. The molecule has 1 atom stereocenters. The van der Waals surface area contributed by atoms with Gasteiger partial charge in [0.15, 0.2) is 0 Å². The second-order valence-corrected chi connectivity index (χ2v) is 11.8. The minimum Gasteiger partial charge on any atom is -0.363 e. The fourth-order valence-electron chi connectivity index (χ4n) is 3.50. The molecule has 1 aliphatic heterocycles. The van der Waals surface area contributed by atoms with Crippen molar-refractivity contribution in [1.29, 1.82) is 0 Å². The van der Waals surface area contributed by atoms with E-state index in [1.165, 1.54) is 16.1 Å². The van der Waals surface area contributed by atoms with Gasteiger partial charge in [-0.2, -0.15) is 0 Å². The number of amides is 2. The SMILES string of the molecule is CN(C)c1ccc(C2=CCC(S(=O)(=O)N(C)c3ccc(NC(=O)Nc4ccccc4)cc3)S2)cn1. The maximum absolute atomic E-state index is 13.3. The second kappa shape index (κ2) is 10.4. The zero-order valence-electron chi connectivity index (χ0n) is 19.7. The van der Waals surface area contributed by atoms with Crippen LogP contribution in [0.5, 0.6) is 0 Å². The van der Waals surface area contributed by atoms with Crippen LogP contribution in [0.15, 0.2) is 79.0 Å². The first-order valence-corrected chi connectivity index (χ1v) is 13.3. The van der Waals surface area contributed by atoms with Gasteiger partial charge in [0.2, 0.25) is 10.0 Å². The Morgan fingerprint density at radius 3 is 2.20 bits per heavy atom. The van der Waals surface area contributed by atoms with Crippen LogP contribution in [0, 0.1) is 0 Å². The molecule has 0 spiro atoms. The molecule has 1 unspecified atom stereocenters. The van der Waals surface area contributed by atoms with Crippen molar-refractivity contribution in [2.75, 3.05) is 41.0 Å². The van der Waals surface area contributed by atoms with E-state index in [0.29, 0.717) is 23.5 Å². The number of carbonyl (C=O) groups is 1. The van der Waals surface area contributed by atoms with Gasteiger partial charge < -0.3 is 15.5 Å². The number of carbonyl (C=O) groups excluding carboxylic acids is 1. The van der Waals surface area contributed by atoms with Gasteiger partial charge in [0, 0.05) is 49.2 Å². The number of urea groups is 1. The molecular weight excluding hydrogens is 482 g/mol. The van der Waals surface area contributed by atoms with Gasteiger partial charge in [-0.15, -0.1) is 11.8 Å². The van der Waals surface area contributed by atoms with Crippen molar-refractivity contribution < 1.29 is 13.2 Å². The van der Waals surface area contributed by atoms with Crippen molar-refractivity contribution in [1.82, 2.24) is 4.98 Å². The Hall–Kier alpha value is -3.50. The Labute approximate surface area is 210 Å². The number of rotatable bonds is 7. The van der Waals surface area contributed by atoms with E-state index in [0.717, 1.165) is 16.3 Å². The standard InChI is InChI=1S/C25H27N5O3S2/c1-29(2)23-15-9-18(17-26-23)22-14-16-24(34-22)35(32,33)30(3)21-12-10-20(11-13-21)28-25(31)27-19-7-5-4-6-8-19/h4-15,17,24H,16H2,1-3H3,(H2,27,28,31). The average molecular weight is 510 g/mol. The van der Waals surface area contributed by atoms with Crippen LogP contribution in [-0.4, -0.2) is 45.2 Å². The van der Waals surface area contributed by atoms with E-state index in [9.17, 15) is 13.2 Å². The van der Waals surface area contributed by atoms with Crippen LogP contribution < -0.4 is 19.8 Å². The number of para-hydroxylation sites is 1. The van der Waals surface area contributed by atoms with Crippen LogP contribution in [0.3, 0.4) is 0 Å². The molecule has 0 aliphatic carbocycles. The largest absolute Gasteiger partial charge is 0.363 e. The Kier molecular flexibility index (Phi) is 7.32. The maximum Gasteiger partial charge on any atom is 0.323 e. The molecule has 8 nitrogen and oxygen atoms in total. The lowest BCUT2D eigenvalue weighted by atomic mass is 10.2. The van der Waals surface area contributed by atoms with Gasteiger partial charge in [-0.25, -0.2) is 18.2 Å². The molecule has 3 aromatic rings. The van der Waals surface area contributed by atoms with Crippen molar-refractivity contribution in [3.05, 3.63) is 84.6 Å². The van der Waals surface area contributed by atoms with Crippen molar-refractivity contribution in [2.24, 2.45) is 0 Å². The molecule has 1 aliphatic rings. The summed E-state index contributed by atoms with van der Waals surface area (Å²) in [6.07, 6.45) is 4.14. The third-order valence-electron chi connectivity index (χ3n) is 5.48. The van der Waals surface area contributed by atoms with Crippen LogP contribution in [0.2, 0.25) is 0 Å². The number of sulfonamides is 1. The molecule has 2 heterocycles. The summed E-state index contributed by atoms with van der Waals surface area (Å²) >= 11 is 1.33. The number of pyridine rings is 1. The summed E-state index contributed by atoms with van der Waals surface area (Å²) in [4.78, 5) is 19.4. The molecule has 1 aromatic heterocycles. The fourth-order valence-corrected chi connectivity index (χ4v) is 6.72. The van der Waals surface area contributed by atoms with Gasteiger partial charge in [-0.05, 0) is 55.0 Å². The summed E-state index contributed by atoms with van der Waals surface area (Å²) in [5.41, 5.74) is 2.66.